The minimum atomic E-state index is -0.611. The molecule has 15 heavy (non-hydrogen) atoms. The maximum atomic E-state index is 9.56. The maximum Gasteiger partial charge on any atom is 0.0946 e. The van der Waals surface area contributed by atoms with Gasteiger partial charge >= 0.3 is 0 Å². The lowest BCUT2D eigenvalue weighted by atomic mass is 10.7. The molecule has 0 fully saturated rings. The minimum Gasteiger partial charge on any atom is -0.617 e. The summed E-state index contributed by atoms with van der Waals surface area (Å²) >= 11 is -1.22. The highest BCUT2D eigenvalue weighted by molar-refractivity contribution is 7.90. The van der Waals surface area contributed by atoms with Crippen molar-refractivity contribution in [2.75, 3.05) is 51.5 Å². The van der Waals surface area contributed by atoms with Gasteiger partial charge in [0.1, 0.15) is 0 Å². The Morgan fingerprint density at radius 2 is 1.07 bits per heavy atom. The molecule has 0 radical (unpaired) electrons. The Kier molecular flexibility index (Phi) is 27.8. The topological polar surface area (TPSA) is 95.8 Å². The maximum absolute atomic E-state index is 9.56. The van der Waals surface area contributed by atoms with E-state index in [1.54, 1.807) is 25.0 Å². The molecule has 0 atom stereocenters. The van der Waals surface area contributed by atoms with Crippen LogP contribution in [0.5, 0.6) is 0 Å². The molecular weight excluding hydrogens is 240 g/mol. The first-order chi connectivity index (χ1) is 6.88. The summed E-state index contributed by atoms with van der Waals surface area (Å²) in [4.78, 5) is 0. The van der Waals surface area contributed by atoms with E-state index in [1.165, 1.54) is 0 Å². The zero-order valence-electron chi connectivity index (χ0n) is 9.76. The molecule has 5 nitrogen and oxygen atoms in total. The van der Waals surface area contributed by atoms with Crippen molar-refractivity contribution in [3.05, 3.63) is 0 Å². The van der Waals surface area contributed by atoms with Crippen LogP contribution in [0.3, 0.4) is 0 Å². The monoisotopic (exact) mass is 262 g/mol. The molecule has 0 aromatic rings. The quantitative estimate of drug-likeness (QED) is 0.499. The van der Waals surface area contributed by atoms with Crippen LogP contribution >= 0.6 is 0 Å². The summed E-state index contributed by atoms with van der Waals surface area (Å²) in [5.74, 6) is 0. The smallest absolute Gasteiger partial charge is 0.0946 e. The molecule has 0 heterocycles. The van der Waals surface area contributed by atoms with E-state index in [0.717, 1.165) is 0 Å². The molecular formula is C8H22O5S2. The van der Waals surface area contributed by atoms with Crippen LogP contribution < -0.4 is 0 Å². The summed E-state index contributed by atoms with van der Waals surface area (Å²) in [5, 5.41) is 16.2. The molecule has 0 spiro atoms. The molecule has 0 aliphatic rings. The molecule has 7 heteroatoms. The van der Waals surface area contributed by atoms with Crippen LogP contribution in [0.4, 0.5) is 0 Å². The Labute approximate surface area is 98.2 Å². The van der Waals surface area contributed by atoms with E-state index >= 15 is 0 Å². The van der Waals surface area contributed by atoms with Gasteiger partial charge in [-0.15, -0.1) is 0 Å². The lowest BCUT2D eigenvalue weighted by Crippen LogP contribution is -2.03. The SMILES string of the molecule is C[S+](C)[O-].C[S+](C)[O-].OCCOCCO. The predicted octanol–water partition coefficient (Wildman–Crippen LogP) is -1.02. The van der Waals surface area contributed by atoms with Crippen LogP contribution in [0, 0.1) is 0 Å². The largest absolute Gasteiger partial charge is 0.617 e. The molecule has 96 valence electrons. The van der Waals surface area contributed by atoms with E-state index in [1.807, 2.05) is 0 Å². The number of aliphatic hydroxyl groups is 2. The first-order valence-electron chi connectivity index (χ1n) is 4.18. The van der Waals surface area contributed by atoms with Crippen molar-refractivity contribution in [1.82, 2.24) is 0 Å². The molecule has 0 aromatic heterocycles. The van der Waals surface area contributed by atoms with E-state index in [0.29, 0.717) is 13.2 Å². The lowest BCUT2D eigenvalue weighted by Gasteiger charge is -1.94. The second-order valence-corrected chi connectivity index (χ2v) is 5.51. The molecule has 0 saturated heterocycles. The van der Waals surface area contributed by atoms with Gasteiger partial charge in [-0.3, -0.25) is 0 Å². The summed E-state index contributed by atoms with van der Waals surface area (Å²) in [6.45, 7) is 0.696. The van der Waals surface area contributed by atoms with Crippen LogP contribution in [0.15, 0.2) is 0 Å². The van der Waals surface area contributed by atoms with Gasteiger partial charge in [0.05, 0.1) is 51.5 Å². The van der Waals surface area contributed by atoms with Crippen LogP contribution in [0.2, 0.25) is 0 Å². The van der Waals surface area contributed by atoms with Crippen molar-refractivity contribution >= 4 is 22.4 Å². The Hall–Kier alpha value is 0.500. The third-order valence-electron chi connectivity index (χ3n) is 0.471. The standard InChI is InChI=1S/C4H10O3.2C2H6OS/c5-1-3-7-4-2-6;2*1-4(2)3/h5-6H,1-4H2;2*1-2H3. The number of hydrogen-bond donors (Lipinski definition) is 2. The fourth-order valence-electron chi connectivity index (χ4n) is 0.231. The molecule has 0 amide bonds. The van der Waals surface area contributed by atoms with E-state index in [4.69, 9.17) is 10.2 Å². The van der Waals surface area contributed by atoms with E-state index in [9.17, 15) is 9.11 Å². The molecule has 0 rings (SSSR count). The van der Waals surface area contributed by atoms with Crippen molar-refractivity contribution in [1.29, 1.82) is 0 Å². The van der Waals surface area contributed by atoms with Gasteiger partial charge < -0.3 is 24.1 Å². The molecule has 0 unspecified atom stereocenters. The van der Waals surface area contributed by atoms with Gasteiger partial charge in [0.15, 0.2) is 0 Å². The van der Waals surface area contributed by atoms with E-state index in [-0.39, 0.29) is 13.2 Å². The van der Waals surface area contributed by atoms with Gasteiger partial charge in [0.2, 0.25) is 0 Å². The number of hydrogen-bond acceptors (Lipinski definition) is 5. The third-order valence-corrected chi connectivity index (χ3v) is 0.471. The second kappa shape index (κ2) is 20.0. The summed E-state index contributed by atoms with van der Waals surface area (Å²) in [5.41, 5.74) is 0. The van der Waals surface area contributed by atoms with E-state index < -0.39 is 22.4 Å². The first kappa shape index (κ1) is 20.9. The Morgan fingerprint density at radius 1 is 0.867 bits per heavy atom. The van der Waals surface area contributed by atoms with Crippen molar-refractivity contribution in [2.24, 2.45) is 0 Å². The van der Waals surface area contributed by atoms with Crippen LogP contribution in [0.25, 0.3) is 0 Å². The summed E-state index contributed by atoms with van der Waals surface area (Å²) < 4.78 is 23.7. The number of rotatable bonds is 4. The molecule has 0 aromatic carbocycles. The zero-order chi connectivity index (χ0) is 12.7. The van der Waals surface area contributed by atoms with Crippen molar-refractivity contribution in [2.45, 2.75) is 0 Å². The minimum absolute atomic E-state index is 0.0278. The van der Waals surface area contributed by atoms with E-state index in [2.05, 4.69) is 4.74 Å². The van der Waals surface area contributed by atoms with Crippen molar-refractivity contribution < 1.29 is 24.1 Å². The summed E-state index contributed by atoms with van der Waals surface area (Å²) in [7, 11) is 0. The van der Waals surface area contributed by atoms with Gasteiger partial charge in [-0.05, 0) is 0 Å². The molecule has 0 aliphatic carbocycles. The summed E-state index contributed by atoms with van der Waals surface area (Å²) in [6, 6.07) is 0. The Bertz CT molecular complexity index is 77.6. The van der Waals surface area contributed by atoms with Gasteiger partial charge in [-0.25, -0.2) is 0 Å². The number of aliphatic hydroxyl groups excluding tert-OH is 2. The highest BCUT2D eigenvalue weighted by Gasteiger charge is 1.79. The van der Waals surface area contributed by atoms with Gasteiger partial charge in [0, 0.05) is 0 Å². The zero-order valence-corrected chi connectivity index (χ0v) is 11.4. The fourth-order valence-corrected chi connectivity index (χ4v) is 0.231. The van der Waals surface area contributed by atoms with Crippen LogP contribution in [-0.4, -0.2) is 70.8 Å². The first-order valence-corrected chi connectivity index (χ1v) is 8.11. The molecule has 0 bridgehead atoms. The Morgan fingerprint density at radius 3 is 1.20 bits per heavy atom. The molecule has 0 aliphatic heterocycles. The lowest BCUT2D eigenvalue weighted by molar-refractivity contribution is 0.0650. The third kappa shape index (κ3) is 112. The van der Waals surface area contributed by atoms with Gasteiger partial charge in [-0.2, -0.15) is 0 Å². The molecule has 0 saturated carbocycles. The highest BCUT2D eigenvalue weighted by atomic mass is 32.2. The van der Waals surface area contributed by atoms with Gasteiger partial charge in [-0.1, -0.05) is 22.4 Å². The molecule has 2 N–H and O–H groups in total. The van der Waals surface area contributed by atoms with Crippen molar-refractivity contribution in [3.8, 4) is 0 Å². The van der Waals surface area contributed by atoms with Gasteiger partial charge in [0.25, 0.3) is 0 Å². The summed E-state index contributed by atoms with van der Waals surface area (Å²) in [6.07, 6.45) is 6.56. The number of ether oxygens (including phenoxy) is 1. The normalized spacial score (nSPS) is 9.20. The predicted molar refractivity (Wildman–Crippen MR) is 65.0 cm³/mol. The van der Waals surface area contributed by atoms with Crippen molar-refractivity contribution in [3.63, 3.8) is 0 Å². The average molecular weight is 262 g/mol. The Balaban J connectivity index is -0.000000155. The average Bonchev–Trinajstić information content (AvgIpc) is 2.03. The van der Waals surface area contributed by atoms with Crippen LogP contribution in [0.1, 0.15) is 0 Å². The second-order valence-electron chi connectivity index (χ2n) is 2.54. The fraction of sp³-hybridized carbons (Fsp3) is 1.00. The highest BCUT2D eigenvalue weighted by Crippen LogP contribution is 1.68. The van der Waals surface area contributed by atoms with Crippen LogP contribution in [-0.2, 0) is 27.1 Å².